The monoisotopic (exact) mass is 266 g/mol. The lowest BCUT2D eigenvalue weighted by Gasteiger charge is -2.45. The maximum atomic E-state index is 12.6. The second kappa shape index (κ2) is 5.14. The fourth-order valence-electron chi connectivity index (χ4n) is 2.91. The summed E-state index contributed by atoms with van der Waals surface area (Å²) >= 11 is 0. The van der Waals surface area contributed by atoms with Crippen LogP contribution in [0.15, 0.2) is 0 Å². The zero-order valence-electron chi connectivity index (χ0n) is 12.5. The highest BCUT2D eigenvalue weighted by Crippen LogP contribution is 2.37. The van der Waals surface area contributed by atoms with Gasteiger partial charge in [0.2, 0.25) is 11.8 Å². The van der Waals surface area contributed by atoms with Crippen molar-refractivity contribution in [1.29, 1.82) is 0 Å². The van der Waals surface area contributed by atoms with Crippen molar-refractivity contribution in [3.8, 4) is 0 Å². The Morgan fingerprint density at radius 2 is 2.00 bits per heavy atom. The molecule has 1 aliphatic heterocycles. The minimum absolute atomic E-state index is 0.00676. The van der Waals surface area contributed by atoms with E-state index >= 15 is 0 Å². The lowest BCUT2D eigenvalue weighted by atomic mass is 9.92. The molecule has 2 rings (SSSR count). The highest BCUT2D eigenvalue weighted by Gasteiger charge is 2.50. The van der Waals surface area contributed by atoms with Gasteiger partial charge >= 0.3 is 0 Å². The quantitative estimate of drug-likeness (QED) is 0.826. The van der Waals surface area contributed by atoms with E-state index in [1.165, 1.54) is 0 Å². The van der Waals surface area contributed by atoms with Crippen molar-refractivity contribution >= 4 is 11.8 Å². The largest absolute Gasteiger partial charge is 0.342 e. The first kappa shape index (κ1) is 14.4. The molecule has 2 aliphatic rings. The van der Waals surface area contributed by atoms with Gasteiger partial charge in [-0.05, 0) is 44.9 Å². The number of nitrogens with zero attached hydrogens (tertiary/aromatic N) is 1. The SMILES string of the molecule is CCCC(C)CN1C(=O)C(C2CC2)NC(=O)C1(C)C. The third-order valence-electron chi connectivity index (χ3n) is 4.42. The van der Waals surface area contributed by atoms with Crippen LogP contribution in [0.4, 0.5) is 0 Å². The van der Waals surface area contributed by atoms with Crippen LogP contribution < -0.4 is 5.32 Å². The number of nitrogens with one attached hydrogen (secondary N) is 1. The molecular formula is C15H26N2O2. The first-order chi connectivity index (χ1) is 8.87. The number of piperazine rings is 1. The van der Waals surface area contributed by atoms with Gasteiger partial charge in [0.25, 0.3) is 0 Å². The Bertz CT molecular complexity index is 374. The maximum Gasteiger partial charge on any atom is 0.246 e. The van der Waals surface area contributed by atoms with Crippen molar-refractivity contribution in [2.24, 2.45) is 11.8 Å². The molecule has 4 nitrogen and oxygen atoms in total. The molecular weight excluding hydrogens is 240 g/mol. The summed E-state index contributed by atoms with van der Waals surface area (Å²) < 4.78 is 0. The molecule has 0 aromatic rings. The van der Waals surface area contributed by atoms with Gasteiger partial charge in [-0.3, -0.25) is 9.59 Å². The number of rotatable bonds is 5. The fourth-order valence-corrected chi connectivity index (χ4v) is 2.91. The molecule has 4 heteroatoms. The first-order valence-corrected chi connectivity index (χ1v) is 7.50. The zero-order chi connectivity index (χ0) is 14.2. The predicted molar refractivity (Wildman–Crippen MR) is 74.5 cm³/mol. The Kier molecular flexibility index (Phi) is 3.88. The van der Waals surface area contributed by atoms with Crippen LogP contribution in [-0.4, -0.2) is 34.8 Å². The highest BCUT2D eigenvalue weighted by molar-refractivity contribution is 5.99. The predicted octanol–water partition coefficient (Wildman–Crippen LogP) is 1.94. The van der Waals surface area contributed by atoms with E-state index in [0.29, 0.717) is 18.4 Å². The molecule has 2 amide bonds. The molecule has 0 bridgehead atoms. The van der Waals surface area contributed by atoms with Crippen molar-refractivity contribution in [2.75, 3.05) is 6.54 Å². The molecule has 1 saturated heterocycles. The molecule has 2 atom stereocenters. The summed E-state index contributed by atoms with van der Waals surface area (Å²) in [7, 11) is 0. The van der Waals surface area contributed by atoms with Gasteiger partial charge in [-0.1, -0.05) is 20.3 Å². The third-order valence-corrected chi connectivity index (χ3v) is 4.42. The van der Waals surface area contributed by atoms with Crippen LogP contribution in [-0.2, 0) is 9.59 Å². The third kappa shape index (κ3) is 2.77. The van der Waals surface area contributed by atoms with Gasteiger partial charge in [-0.15, -0.1) is 0 Å². The zero-order valence-corrected chi connectivity index (χ0v) is 12.5. The second-order valence-electron chi connectivity index (χ2n) is 6.69. The average Bonchev–Trinajstić information content (AvgIpc) is 3.14. The first-order valence-electron chi connectivity index (χ1n) is 7.50. The second-order valence-corrected chi connectivity index (χ2v) is 6.69. The van der Waals surface area contributed by atoms with E-state index in [1.54, 1.807) is 0 Å². The van der Waals surface area contributed by atoms with E-state index in [2.05, 4.69) is 19.2 Å². The van der Waals surface area contributed by atoms with Crippen molar-refractivity contribution in [2.45, 2.75) is 65.0 Å². The Balaban J connectivity index is 2.14. The van der Waals surface area contributed by atoms with Crippen LogP contribution >= 0.6 is 0 Å². The van der Waals surface area contributed by atoms with Crippen LogP contribution in [0.25, 0.3) is 0 Å². The fraction of sp³-hybridized carbons (Fsp3) is 0.867. The number of carbonyl (C=O) groups is 2. The minimum atomic E-state index is -0.718. The summed E-state index contributed by atoms with van der Waals surface area (Å²) in [6, 6.07) is -0.269. The molecule has 1 N–H and O–H groups in total. The van der Waals surface area contributed by atoms with Crippen LogP contribution in [0.2, 0.25) is 0 Å². The summed E-state index contributed by atoms with van der Waals surface area (Å²) in [5.74, 6) is 0.929. The van der Waals surface area contributed by atoms with E-state index < -0.39 is 5.54 Å². The van der Waals surface area contributed by atoms with Crippen molar-refractivity contribution in [3.05, 3.63) is 0 Å². The molecule has 19 heavy (non-hydrogen) atoms. The molecule has 0 spiro atoms. The van der Waals surface area contributed by atoms with Gasteiger partial charge in [0.1, 0.15) is 11.6 Å². The van der Waals surface area contributed by atoms with E-state index in [-0.39, 0.29) is 17.9 Å². The molecule has 0 aromatic heterocycles. The van der Waals surface area contributed by atoms with Gasteiger partial charge in [0, 0.05) is 6.54 Å². The van der Waals surface area contributed by atoms with Crippen molar-refractivity contribution in [1.82, 2.24) is 10.2 Å². The van der Waals surface area contributed by atoms with Crippen LogP contribution in [0, 0.1) is 11.8 Å². The average molecular weight is 266 g/mol. The summed E-state index contributed by atoms with van der Waals surface area (Å²) in [5.41, 5.74) is -0.718. The Labute approximate surface area is 115 Å². The molecule has 108 valence electrons. The smallest absolute Gasteiger partial charge is 0.246 e. The van der Waals surface area contributed by atoms with Gasteiger partial charge in [-0.25, -0.2) is 0 Å². The van der Waals surface area contributed by atoms with Crippen LogP contribution in [0.5, 0.6) is 0 Å². The van der Waals surface area contributed by atoms with E-state index in [1.807, 2.05) is 18.7 Å². The van der Waals surface area contributed by atoms with Crippen molar-refractivity contribution in [3.63, 3.8) is 0 Å². The molecule has 2 unspecified atom stereocenters. The Hall–Kier alpha value is -1.06. The summed E-state index contributed by atoms with van der Waals surface area (Å²) in [5, 5.41) is 2.92. The Morgan fingerprint density at radius 3 is 2.53 bits per heavy atom. The number of hydrogen-bond acceptors (Lipinski definition) is 2. The number of carbonyl (C=O) groups excluding carboxylic acids is 2. The molecule has 2 fully saturated rings. The number of hydrogen-bond donors (Lipinski definition) is 1. The topological polar surface area (TPSA) is 49.4 Å². The van der Waals surface area contributed by atoms with E-state index in [4.69, 9.17) is 0 Å². The minimum Gasteiger partial charge on any atom is -0.342 e. The molecule has 0 radical (unpaired) electrons. The van der Waals surface area contributed by atoms with Gasteiger partial charge < -0.3 is 10.2 Å². The Morgan fingerprint density at radius 1 is 1.37 bits per heavy atom. The van der Waals surface area contributed by atoms with Gasteiger partial charge in [0.05, 0.1) is 0 Å². The summed E-state index contributed by atoms with van der Waals surface area (Å²) in [6.45, 7) is 8.70. The standard InChI is InChI=1S/C15H26N2O2/c1-5-6-10(2)9-17-13(18)12(11-7-8-11)16-14(19)15(17,3)4/h10-12H,5-9H2,1-4H3,(H,16,19). The molecule has 1 aliphatic carbocycles. The van der Waals surface area contributed by atoms with Crippen LogP contribution in [0.3, 0.4) is 0 Å². The number of amides is 2. The normalized spacial score (nSPS) is 28.2. The lowest BCUT2D eigenvalue weighted by Crippen LogP contribution is -2.69. The van der Waals surface area contributed by atoms with Gasteiger partial charge in [-0.2, -0.15) is 0 Å². The molecule has 1 saturated carbocycles. The summed E-state index contributed by atoms with van der Waals surface area (Å²) in [6.07, 6.45) is 4.34. The van der Waals surface area contributed by atoms with E-state index in [0.717, 1.165) is 25.7 Å². The molecule has 0 aromatic carbocycles. The summed E-state index contributed by atoms with van der Waals surface area (Å²) in [4.78, 5) is 26.7. The lowest BCUT2D eigenvalue weighted by molar-refractivity contribution is -0.156. The van der Waals surface area contributed by atoms with Crippen LogP contribution in [0.1, 0.15) is 53.4 Å². The maximum absolute atomic E-state index is 12.6. The molecule has 1 heterocycles. The van der Waals surface area contributed by atoms with Gasteiger partial charge in [0.15, 0.2) is 0 Å². The van der Waals surface area contributed by atoms with Crippen molar-refractivity contribution < 1.29 is 9.59 Å². The highest BCUT2D eigenvalue weighted by atomic mass is 16.2. The van der Waals surface area contributed by atoms with E-state index in [9.17, 15) is 9.59 Å².